The first-order valence-electron chi connectivity index (χ1n) is 9.68. The summed E-state index contributed by atoms with van der Waals surface area (Å²) in [6.45, 7) is 4.33. The van der Waals surface area contributed by atoms with Crippen molar-refractivity contribution in [1.82, 2.24) is 4.90 Å². The molecule has 0 aromatic heterocycles. The van der Waals surface area contributed by atoms with Gasteiger partial charge < -0.3 is 9.64 Å². The van der Waals surface area contributed by atoms with Crippen LogP contribution in [0.5, 0.6) is 0 Å². The summed E-state index contributed by atoms with van der Waals surface area (Å²) in [6.07, 6.45) is 3.22. The van der Waals surface area contributed by atoms with Crippen LogP contribution in [0.4, 0.5) is 10.5 Å². The predicted molar refractivity (Wildman–Crippen MR) is 108 cm³/mol. The number of anilines is 1. The molecular formula is C22H25ClN2O2. The van der Waals surface area contributed by atoms with Gasteiger partial charge in [-0.15, -0.1) is 0 Å². The zero-order valence-corrected chi connectivity index (χ0v) is 16.2. The Morgan fingerprint density at radius 2 is 1.89 bits per heavy atom. The highest BCUT2D eigenvalue weighted by molar-refractivity contribution is 6.30. The Morgan fingerprint density at radius 3 is 2.67 bits per heavy atom. The number of hydrogen-bond acceptors (Lipinski definition) is 3. The fourth-order valence-corrected chi connectivity index (χ4v) is 4.33. The highest BCUT2D eigenvalue weighted by atomic mass is 35.5. The smallest absolute Gasteiger partial charge is 0.414 e. The van der Waals surface area contributed by atoms with Gasteiger partial charge in [-0.05, 0) is 67.6 Å². The third-order valence-electron chi connectivity index (χ3n) is 5.42. The average molecular weight is 385 g/mol. The van der Waals surface area contributed by atoms with Gasteiger partial charge in [0, 0.05) is 18.1 Å². The number of halogens is 1. The van der Waals surface area contributed by atoms with Gasteiger partial charge in [0.05, 0.1) is 5.69 Å². The lowest BCUT2D eigenvalue weighted by atomic mass is 9.92. The second-order valence-corrected chi connectivity index (χ2v) is 7.94. The highest BCUT2D eigenvalue weighted by Gasteiger charge is 2.31. The first kappa shape index (κ1) is 18.3. The van der Waals surface area contributed by atoms with Crippen molar-refractivity contribution < 1.29 is 9.53 Å². The van der Waals surface area contributed by atoms with Gasteiger partial charge in [-0.25, -0.2) is 4.79 Å². The predicted octanol–water partition coefficient (Wildman–Crippen LogP) is 4.75. The van der Waals surface area contributed by atoms with Gasteiger partial charge in [0.25, 0.3) is 0 Å². The van der Waals surface area contributed by atoms with E-state index in [4.69, 9.17) is 16.3 Å². The first-order chi connectivity index (χ1) is 13.2. The summed E-state index contributed by atoms with van der Waals surface area (Å²) in [5.41, 5.74) is 3.05. The number of likely N-dealkylation sites (tertiary alicyclic amines) is 1. The van der Waals surface area contributed by atoms with Gasteiger partial charge in [0.2, 0.25) is 0 Å². The number of fused-ring (bicyclic) bond motifs is 1. The number of rotatable bonds is 4. The van der Waals surface area contributed by atoms with E-state index in [9.17, 15) is 4.79 Å². The van der Waals surface area contributed by atoms with Gasteiger partial charge in [0.15, 0.2) is 0 Å². The molecule has 0 saturated carbocycles. The molecule has 0 N–H and O–H groups in total. The van der Waals surface area contributed by atoms with E-state index in [1.54, 1.807) is 4.90 Å². The molecule has 27 heavy (non-hydrogen) atoms. The molecule has 0 bridgehead atoms. The van der Waals surface area contributed by atoms with Crippen LogP contribution in [-0.2, 0) is 17.8 Å². The van der Waals surface area contributed by atoms with Crippen molar-refractivity contribution in [3.05, 3.63) is 64.7 Å². The van der Waals surface area contributed by atoms with Crippen molar-refractivity contribution in [1.29, 1.82) is 0 Å². The van der Waals surface area contributed by atoms with Crippen molar-refractivity contribution in [3.63, 3.8) is 0 Å². The molecule has 2 aromatic rings. The third-order valence-corrected chi connectivity index (χ3v) is 5.66. The Bertz CT molecular complexity index is 790. The molecule has 2 aromatic carbocycles. The van der Waals surface area contributed by atoms with E-state index in [1.165, 1.54) is 12.8 Å². The number of carbonyl (C=O) groups is 1. The Hall–Kier alpha value is -2.04. The molecule has 1 fully saturated rings. The van der Waals surface area contributed by atoms with Crippen molar-refractivity contribution >= 4 is 23.4 Å². The monoisotopic (exact) mass is 384 g/mol. The molecule has 0 radical (unpaired) electrons. The summed E-state index contributed by atoms with van der Waals surface area (Å²) in [5.74, 6) is 0.401. The molecule has 1 saturated heterocycles. The summed E-state index contributed by atoms with van der Waals surface area (Å²) >= 11 is 6.22. The molecular weight excluding hydrogens is 360 g/mol. The minimum atomic E-state index is -0.284. The van der Waals surface area contributed by atoms with E-state index in [0.29, 0.717) is 17.5 Å². The summed E-state index contributed by atoms with van der Waals surface area (Å²) < 4.78 is 5.61. The Balaban J connectivity index is 1.49. The molecule has 4 nitrogen and oxygen atoms in total. The molecule has 5 heteroatoms. The second-order valence-electron chi connectivity index (χ2n) is 7.50. The zero-order valence-electron chi connectivity index (χ0n) is 15.4. The van der Waals surface area contributed by atoms with Crippen molar-refractivity contribution in [2.45, 2.75) is 25.9 Å². The summed E-state index contributed by atoms with van der Waals surface area (Å²) in [4.78, 5) is 17.2. The van der Waals surface area contributed by atoms with Crippen LogP contribution in [0, 0.1) is 5.92 Å². The number of ether oxygens (including phenoxy) is 1. The quantitative estimate of drug-likeness (QED) is 0.762. The second kappa shape index (κ2) is 8.32. The Morgan fingerprint density at radius 1 is 1.11 bits per heavy atom. The maximum Gasteiger partial charge on any atom is 0.414 e. The maximum atomic E-state index is 12.9. The largest absolute Gasteiger partial charge is 0.444 e. The number of nitrogens with zero attached hydrogens (tertiary/aromatic N) is 2. The maximum absolute atomic E-state index is 12.9. The molecule has 2 heterocycles. The molecule has 1 amide bonds. The van der Waals surface area contributed by atoms with Crippen LogP contribution in [-0.4, -0.2) is 37.2 Å². The fraction of sp³-hybridized carbons (Fsp3) is 0.409. The lowest BCUT2D eigenvalue weighted by Crippen LogP contribution is -2.44. The van der Waals surface area contributed by atoms with Crippen molar-refractivity contribution in [2.24, 2.45) is 5.92 Å². The van der Waals surface area contributed by atoms with E-state index in [-0.39, 0.29) is 12.7 Å². The molecule has 4 rings (SSSR count). The standard InChI is InChI=1S/C22H25ClN2O2/c23-20-8-9-21-19(13-20)12-18(14-24-10-4-5-11-24)15-25(21)22(26)27-16-17-6-2-1-3-7-17/h1-3,6-9,13,18H,4-5,10-12,14-16H2/t18-/m1/s1. The topological polar surface area (TPSA) is 32.8 Å². The number of hydrogen-bond donors (Lipinski definition) is 0. The van der Waals surface area contributed by atoms with Crippen LogP contribution in [0.2, 0.25) is 5.02 Å². The van der Waals surface area contributed by atoms with Gasteiger partial charge in [0.1, 0.15) is 6.61 Å². The summed E-state index contributed by atoms with van der Waals surface area (Å²) in [6, 6.07) is 15.6. The normalized spacial score (nSPS) is 19.7. The summed E-state index contributed by atoms with van der Waals surface area (Å²) in [5, 5.41) is 0.716. The van der Waals surface area contributed by atoms with E-state index in [1.807, 2.05) is 48.5 Å². The van der Waals surface area contributed by atoms with Crippen LogP contribution in [0.3, 0.4) is 0 Å². The van der Waals surface area contributed by atoms with Gasteiger partial charge in [-0.2, -0.15) is 0 Å². The van der Waals surface area contributed by atoms with Crippen LogP contribution in [0.25, 0.3) is 0 Å². The SMILES string of the molecule is O=C(OCc1ccccc1)N1C[C@@H](CN2CCCC2)Cc2cc(Cl)ccc21. The number of carbonyl (C=O) groups excluding carboxylic acids is 1. The van der Waals surface area contributed by atoms with E-state index < -0.39 is 0 Å². The minimum Gasteiger partial charge on any atom is -0.444 e. The molecule has 0 spiro atoms. The first-order valence-corrected chi connectivity index (χ1v) is 10.1. The average Bonchev–Trinajstić information content (AvgIpc) is 3.19. The van der Waals surface area contributed by atoms with Crippen LogP contribution < -0.4 is 4.90 Å². The van der Waals surface area contributed by atoms with Gasteiger partial charge >= 0.3 is 6.09 Å². The Labute approximate surface area is 165 Å². The summed E-state index contributed by atoms with van der Waals surface area (Å²) in [7, 11) is 0. The van der Waals surface area contributed by atoms with Crippen LogP contribution >= 0.6 is 11.6 Å². The van der Waals surface area contributed by atoms with Crippen molar-refractivity contribution in [2.75, 3.05) is 31.1 Å². The van der Waals surface area contributed by atoms with Crippen LogP contribution in [0.15, 0.2) is 48.5 Å². The van der Waals surface area contributed by atoms with Gasteiger partial charge in [-0.3, -0.25) is 4.90 Å². The lowest BCUT2D eigenvalue weighted by Gasteiger charge is -2.35. The third kappa shape index (κ3) is 4.45. The van der Waals surface area contributed by atoms with Gasteiger partial charge in [-0.1, -0.05) is 41.9 Å². The van der Waals surface area contributed by atoms with Crippen molar-refractivity contribution in [3.8, 4) is 0 Å². The molecule has 142 valence electrons. The zero-order chi connectivity index (χ0) is 18.6. The minimum absolute atomic E-state index is 0.284. The number of benzene rings is 2. The molecule has 1 atom stereocenters. The van der Waals surface area contributed by atoms with Crippen LogP contribution in [0.1, 0.15) is 24.0 Å². The number of amides is 1. The molecule has 2 aliphatic heterocycles. The molecule has 0 aliphatic carbocycles. The lowest BCUT2D eigenvalue weighted by molar-refractivity contribution is 0.144. The van der Waals surface area contributed by atoms with E-state index in [2.05, 4.69) is 4.90 Å². The fourth-order valence-electron chi connectivity index (χ4n) is 4.14. The highest BCUT2D eigenvalue weighted by Crippen LogP contribution is 2.33. The van der Waals surface area contributed by atoms with E-state index >= 15 is 0 Å². The Kier molecular flexibility index (Phi) is 5.65. The molecule has 0 unspecified atom stereocenters. The molecule has 2 aliphatic rings. The van der Waals surface area contributed by atoms with E-state index in [0.717, 1.165) is 42.9 Å².